The van der Waals surface area contributed by atoms with Crippen LogP contribution in [0.15, 0.2) is 11.2 Å². The fraction of sp³-hybridized carbons (Fsp3) is 0.786. The van der Waals surface area contributed by atoms with Gasteiger partial charge in [-0.15, -0.1) is 0 Å². The summed E-state index contributed by atoms with van der Waals surface area (Å²) in [4.78, 5) is 6.84. The minimum Gasteiger partial charge on any atom is -0.393 e. The van der Waals surface area contributed by atoms with Crippen LogP contribution in [0.2, 0.25) is 0 Å². The standard InChI is InChI=1S/C14H23N3O3S/c1-10-15-9-14(16-10)21(19,20)17-8-3-2-6-12(17)11-5-4-7-13(11)18/h9,11-13,18H,2-8H2,1H3,(H,15,16). The Kier molecular flexibility index (Phi) is 4.07. The summed E-state index contributed by atoms with van der Waals surface area (Å²) in [7, 11) is -3.55. The van der Waals surface area contributed by atoms with Crippen molar-refractivity contribution in [3.05, 3.63) is 12.0 Å². The zero-order valence-electron chi connectivity index (χ0n) is 12.3. The minimum atomic E-state index is -3.55. The highest BCUT2D eigenvalue weighted by atomic mass is 32.2. The van der Waals surface area contributed by atoms with Crippen molar-refractivity contribution >= 4 is 10.0 Å². The molecule has 3 atom stereocenters. The van der Waals surface area contributed by atoms with E-state index in [0.717, 1.165) is 38.5 Å². The van der Waals surface area contributed by atoms with E-state index >= 15 is 0 Å². The molecule has 1 aliphatic carbocycles. The number of H-pyrrole nitrogens is 1. The number of nitrogens with one attached hydrogen (secondary N) is 1. The summed E-state index contributed by atoms with van der Waals surface area (Å²) in [5.41, 5.74) is 0. The zero-order chi connectivity index (χ0) is 15.0. The van der Waals surface area contributed by atoms with Gasteiger partial charge in [-0.2, -0.15) is 4.31 Å². The Labute approximate surface area is 125 Å². The molecule has 1 saturated carbocycles. The molecule has 2 N–H and O–H groups in total. The first kappa shape index (κ1) is 15.0. The third kappa shape index (κ3) is 2.74. The lowest BCUT2D eigenvalue weighted by atomic mass is 9.89. The maximum Gasteiger partial charge on any atom is 0.260 e. The quantitative estimate of drug-likeness (QED) is 0.883. The number of rotatable bonds is 3. The van der Waals surface area contributed by atoms with Crippen molar-refractivity contribution in [3.8, 4) is 0 Å². The average Bonchev–Trinajstić information content (AvgIpc) is 3.08. The van der Waals surface area contributed by atoms with Crippen LogP contribution in [0.1, 0.15) is 44.3 Å². The molecule has 0 aromatic carbocycles. The Hall–Kier alpha value is -0.920. The number of imidazole rings is 1. The van der Waals surface area contributed by atoms with E-state index in [1.54, 1.807) is 11.2 Å². The second-order valence-corrected chi connectivity index (χ2v) is 8.03. The van der Waals surface area contributed by atoms with Crippen molar-refractivity contribution < 1.29 is 13.5 Å². The van der Waals surface area contributed by atoms with Crippen LogP contribution in [0.4, 0.5) is 0 Å². The summed E-state index contributed by atoms with van der Waals surface area (Å²) in [6, 6.07) is -0.0788. The molecule has 21 heavy (non-hydrogen) atoms. The van der Waals surface area contributed by atoms with Gasteiger partial charge in [-0.25, -0.2) is 13.4 Å². The van der Waals surface area contributed by atoms with Gasteiger partial charge < -0.3 is 10.1 Å². The number of aromatic amines is 1. The molecule has 1 aromatic rings. The van der Waals surface area contributed by atoms with Gasteiger partial charge in [0.25, 0.3) is 10.0 Å². The summed E-state index contributed by atoms with van der Waals surface area (Å²) < 4.78 is 27.3. The summed E-state index contributed by atoms with van der Waals surface area (Å²) >= 11 is 0. The van der Waals surface area contributed by atoms with Gasteiger partial charge in [0.2, 0.25) is 0 Å². The lowest BCUT2D eigenvalue weighted by Crippen LogP contribution is -2.49. The fourth-order valence-electron chi connectivity index (χ4n) is 3.73. The van der Waals surface area contributed by atoms with Crippen molar-refractivity contribution in [2.24, 2.45) is 5.92 Å². The van der Waals surface area contributed by atoms with Crippen LogP contribution in [0.3, 0.4) is 0 Å². The first-order chi connectivity index (χ1) is 10.00. The van der Waals surface area contributed by atoms with Gasteiger partial charge in [-0.05, 0) is 32.6 Å². The lowest BCUT2D eigenvalue weighted by Gasteiger charge is -2.38. The summed E-state index contributed by atoms with van der Waals surface area (Å²) in [5, 5.41) is 10.3. The number of aromatic nitrogens is 2. The topological polar surface area (TPSA) is 86.3 Å². The van der Waals surface area contributed by atoms with E-state index in [4.69, 9.17) is 0 Å². The van der Waals surface area contributed by atoms with Gasteiger partial charge in [0, 0.05) is 18.5 Å². The average molecular weight is 313 g/mol. The van der Waals surface area contributed by atoms with Crippen molar-refractivity contribution in [2.75, 3.05) is 6.54 Å². The van der Waals surface area contributed by atoms with E-state index in [2.05, 4.69) is 9.97 Å². The minimum absolute atomic E-state index is 0.0732. The molecular formula is C14H23N3O3S. The smallest absolute Gasteiger partial charge is 0.260 e. The van der Waals surface area contributed by atoms with Gasteiger partial charge in [0.1, 0.15) is 5.82 Å². The molecule has 1 aliphatic heterocycles. The second kappa shape index (κ2) is 5.70. The van der Waals surface area contributed by atoms with E-state index < -0.39 is 10.0 Å². The molecule has 2 aliphatic rings. The van der Waals surface area contributed by atoms with Crippen molar-refractivity contribution in [2.45, 2.75) is 62.6 Å². The molecule has 0 radical (unpaired) electrons. The molecule has 1 saturated heterocycles. The summed E-state index contributed by atoms with van der Waals surface area (Å²) in [6.07, 6.45) is 6.47. The molecule has 7 heteroatoms. The van der Waals surface area contributed by atoms with Crippen LogP contribution >= 0.6 is 0 Å². The zero-order valence-corrected chi connectivity index (χ0v) is 13.1. The first-order valence-corrected chi connectivity index (χ1v) is 9.15. The molecule has 0 bridgehead atoms. The van der Waals surface area contributed by atoms with Crippen LogP contribution < -0.4 is 0 Å². The van der Waals surface area contributed by atoms with E-state index in [1.165, 1.54) is 6.20 Å². The highest BCUT2D eigenvalue weighted by Crippen LogP contribution is 2.37. The predicted octanol–water partition coefficient (Wildman–Crippen LogP) is 1.42. The monoisotopic (exact) mass is 313 g/mol. The van der Waals surface area contributed by atoms with E-state index in [0.29, 0.717) is 12.4 Å². The fourth-order valence-corrected chi connectivity index (χ4v) is 5.43. The maximum absolute atomic E-state index is 12.8. The largest absolute Gasteiger partial charge is 0.393 e. The highest BCUT2D eigenvalue weighted by molar-refractivity contribution is 7.89. The Morgan fingerprint density at radius 3 is 2.71 bits per heavy atom. The van der Waals surface area contributed by atoms with Gasteiger partial charge >= 0.3 is 0 Å². The van der Waals surface area contributed by atoms with Crippen LogP contribution in [-0.4, -0.2) is 46.5 Å². The molecule has 0 spiro atoms. The summed E-state index contributed by atoms with van der Waals surface area (Å²) in [5.74, 6) is 0.673. The van der Waals surface area contributed by atoms with E-state index in [1.807, 2.05) is 0 Å². The second-order valence-electron chi connectivity index (χ2n) is 6.17. The molecular weight excluding hydrogens is 290 g/mol. The van der Waals surface area contributed by atoms with Gasteiger partial charge in [-0.1, -0.05) is 12.8 Å². The lowest BCUT2D eigenvalue weighted by molar-refractivity contribution is 0.0722. The SMILES string of the molecule is Cc1ncc(S(=O)(=O)N2CCCCC2C2CCCC2O)[nH]1. The molecule has 2 heterocycles. The Morgan fingerprint density at radius 2 is 2.10 bits per heavy atom. The molecule has 3 unspecified atom stereocenters. The number of hydrogen-bond donors (Lipinski definition) is 2. The van der Waals surface area contributed by atoms with Crippen LogP contribution in [0.5, 0.6) is 0 Å². The molecule has 3 rings (SSSR count). The molecule has 118 valence electrons. The van der Waals surface area contributed by atoms with Crippen LogP contribution in [0.25, 0.3) is 0 Å². The van der Waals surface area contributed by atoms with Crippen molar-refractivity contribution in [1.82, 2.24) is 14.3 Å². The normalized spacial score (nSPS) is 31.6. The van der Waals surface area contributed by atoms with Gasteiger partial charge in [0.05, 0.1) is 12.3 Å². The van der Waals surface area contributed by atoms with E-state index in [9.17, 15) is 13.5 Å². The Bertz CT molecular complexity index is 598. The number of nitrogens with zero attached hydrogens (tertiary/aromatic N) is 2. The highest BCUT2D eigenvalue weighted by Gasteiger charge is 2.42. The molecule has 0 amide bonds. The van der Waals surface area contributed by atoms with Crippen molar-refractivity contribution in [1.29, 1.82) is 0 Å². The third-order valence-electron chi connectivity index (χ3n) is 4.79. The Morgan fingerprint density at radius 1 is 1.29 bits per heavy atom. The third-order valence-corrected chi connectivity index (χ3v) is 6.62. The summed E-state index contributed by atoms with van der Waals surface area (Å²) in [6.45, 7) is 2.28. The maximum atomic E-state index is 12.8. The van der Waals surface area contributed by atoms with Crippen LogP contribution in [0, 0.1) is 12.8 Å². The Balaban J connectivity index is 1.90. The number of sulfonamides is 1. The first-order valence-electron chi connectivity index (χ1n) is 7.71. The number of aliphatic hydroxyl groups is 1. The predicted molar refractivity (Wildman–Crippen MR) is 78.2 cm³/mol. The number of aryl methyl sites for hydroxylation is 1. The van der Waals surface area contributed by atoms with E-state index in [-0.39, 0.29) is 23.1 Å². The number of piperidine rings is 1. The van der Waals surface area contributed by atoms with Gasteiger partial charge in [-0.3, -0.25) is 0 Å². The van der Waals surface area contributed by atoms with Crippen LogP contribution in [-0.2, 0) is 10.0 Å². The van der Waals surface area contributed by atoms with Crippen molar-refractivity contribution in [3.63, 3.8) is 0 Å². The number of aliphatic hydroxyl groups excluding tert-OH is 1. The molecule has 6 nitrogen and oxygen atoms in total. The van der Waals surface area contributed by atoms with Gasteiger partial charge in [0.15, 0.2) is 5.03 Å². The molecule has 1 aromatic heterocycles. The molecule has 2 fully saturated rings. The number of hydrogen-bond acceptors (Lipinski definition) is 4.